The molecule has 2 atom stereocenters. The van der Waals surface area contributed by atoms with E-state index in [1.807, 2.05) is 11.3 Å². The van der Waals surface area contributed by atoms with Crippen LogP contribution in [0.1, 0.15) is 40.3 Å². The van der Waals surface area contributed by atoms with Gasteiger partial charge in [-0.05, 0) is 91.9 Å². The smallest absolute Gasteiger partial charge is 0.0604 e. The van der Waals surface area contributed by atoms with Crippen molar-refractivity contribution >= 4 is 42.3 Å². The Morgan fingerprint density at radius 3 is 1.67 bits per heavy atom. The molecule has 0 bridgehead atoms. The van der Waals surface area contributed by atoms with Crippen molar-refractivity contribution in [2.75, 3.05) is 0 Å². The summed E-state index contributed by atoms with van der Waals surface area (Å²) >= 11 is 1.91. The van der Waals surface area contributed by atoms with Crippen LogP contribution in [0.15, 0.2) is 170 Å². The minimum Gasteiger partial charge on any atom is -0.135 e. The van der Waals surface area contributed by atoms with Gasteiger partial charge in [-0.15, -0.1) is 11.3 Å². The highest BCUT2D eigenvalue weighted by atomic mass is 32.1. The number of benzene rings is 8. The summed E-state index contributed by atoms with van der Waals surface area (Å²) in [5.74, 6) is 0. The third-order valence-corrected chi connectivity index (χ3v) is 13.5. The van der Waals surface area contributed by atoms with Gasteiger partial charge in [0.1, 0.15) is 0 Å². The van der Waals surface area contributed by atoms with Gasteiger partial charge in [0.2, 0.25) is 0 Å². The molecule has 1 heterocycles. The van der Waals surface area contributed by atoms with Crippen LogP contribution in [0.25, 0.3) is 64.3 Å². The van der Waals surface area contributed by atoms with Gasteiger partial charge >= 0.3 is 0 Å². The molecule has 1 aromatic heterocycles. The molecule has 1 heteroatoms. The largest absolute Gasteiger partial charge is 0.135 e. The first-order valence-corrected chi connectivity index (χ1v) is 18.8. The van der Waals surface area contributed by atoms with Gasteiger partial charge in [0, 0.05) is 31.2 Å². The average molecular weight is 667 g/mol. The maximum Gasteiger partial charge on any atom is 0.0604 e. The molecule has 8 aromatic carbocycles. The van der Waals surface area contributed by atoms with Crippen LogP contribution in [-0.4, -0.2) is 0 Å². The number of fused-ring (bicyclic) bond motifs is 11. The van der Waals surface area contributed by atoms with E-state index in [0.29, 0.717) is 0 Å². The zero-order chi connectivity index (χ0) is 33.9. The summed E-state index contributed by atoms with van der Waals surface area (Å²) in [7, 11) is 0. The molecular weight excluding hydrogens is 633 g/mol. The maximum atomic E-state index is 2.54. The summed E-state index contributed by atoms with van der Waals surface area (Å²) in [5, 5.41) is 5.39. The molecule has 0 N–H and O–H groups in total. The molecule has 0 spiro atoms. The van der Waals surface area contributed by atoms with E-state index in [-0.39, 0.29) is 5.41 Å². The third-order valence-electron chi connectivity index (χ3n) is 12.3. The predicted molar refractivity (Wildman–Crippen MR) is 217 cm³/mol. The minimum atomic E-state index is -0.485. The predicted octanol–water partition coefficient (Wildman–Crippen LogP) is 13.5. The average Bonchev–Trinajstić information content (AvgIpc) is 3.68. The molecule has 2 aliphatic rings. The van der Waals surface area contributed by atoms with E-state index >= 15 is 0 Å². The van der Waals surface area contributed by atoms with Gasteiger partial charge in [-0.2, -0.15) is 0 Å². The highest BCUT2D eigenvalue weighted by Gasteiger charge is 2.62. The molecule has 0 aliphatic heterocycles. The number of hydrogen-bond donors (Lipinski definition) is 0. The summed E-state index contributed by atoms with van der Waals surface area (Å²) in [6.07, 6.45) is 0. The third kappa shape index (κ3) is 3.54. The number of thiophene rings is 1. The Morgan fingerprint density at radius 2 is 0.902 bits per heavy atom. The van der Waals surface area contributed by atoms with E-state index in [2.05, 4.69) is 184 Å². The zero-order valence-corrected chi connectivity index (χ0v) is 29.4. The molecule has 2 aliphatic carbocycles. The number of rotatable bonds is 3. The molecule has 51 heavy (non-hydrogen) atoms. The van der Waals surface area contributed by atoms with Gasteiger partial charge in [0.25, 0.3) is 0 Å². The Kier molecular flexibility index (Phi) is 5.91. The maximum absolute atomic E-state index is 2.54. The Balaban J connectivity index is 1.32. The lowest BCUT2D eigenvalue weighted by Gasteiger charge is -2.52. The first-order chi connectivity index (χ1) is 25.1. The van der Waals surface area contributed by atoms with Crippen molar-refractivity contribution < 1.29 is 0 Å². The Morgan fingerprint density at radius 1 is 0.373 bits per heavy atom. The van der Waals surface area contributed by atoms with E-state index in [1.165, 1.54) is 97.7 Å². The second kappa shape index (κ2) is 10.4. The lowest BCUT2D eigenvalue weighted by atomic mass is 9.49. The quantitative estimate of drug-likeness (QED) is 0.176. The van der Waals surface area contributed by atoms with Crippen LogP contribution < -0.4 is 0 Å². The Hall–Kier alpha value is -5.76. The van der Waals surface area contributed by atoms with Crippen LogP contribution in [0.3, 0.4) is 0 Å². The first-order valence-electron chi connectivity index (χ1n) is 17.9. The summed E-state index contributed by atoms with van der Waals surface area (Å²) in [6, 6.07) is 64.3. The van der Waals surface area contributed by atoms with Crippen molar-refractivity contribution in [3.05, 3.63) is 203 Å². The van der Waals surface area contributed by atoms with Crippen LogP contribution in [-0.2, 0) is 10.8 Å². The van der Waals surface area contributed by atoms with Crippen molar-refractivity contribution in [1.82, 2.24) is 0 Å². The fraction of sp³-hybridized carbons (Fsp3) is 0.0800. The molecular formula is C50H34S. The van der Waals surface area contributed by atoms with Crippen molar-refractivity contribution in [1.29, 1.82) is 0 Å². The lowest BCUT2D eigenvalue weighted by Crippen LogP contribution is -2.49. The highest BCUT2D eigenvalue weighted by Crippen LogP contribution is 2.69. The summed E-state index contributed by atoms with van der Waals surface area (Å²) in [4.78, 5) is 0. The molecule has 240 valence electrons. The molecule has 0 fully saturated rings. The van der Waals surface area contributed by atoms with E-state index in [1.54, 1.807) is 0 Å². The Bertz CT molecular complexity index is 2910. The van der Waals surface area contributed by atoms with Gasteiger partial charge in [-0.1, -0.05) is 164 Å². The molecule has 9 aromatic rings. The monoisotopic (exact) mass is 666 g/mol. The number of hydrogen-bond acceptors (Lipinski definition) is 1. The van der Waals surface area contributed by atoms with Crippen LogP contribution in [0.5, 0.6) is 0 Å². The normalized spacial score (nSPS) is 18.5. The van der Waals surface area contributed by atoms with E-state index < -0.39 is 5.41 Å². The van der Waals surface area contributed by atoms with Gasteiger partial charge in [-0.3, -0.25) is 0 Å². The first kappa shape index (κ1) is 29.0. The second-order valence-electron chi connectivity index (χ2n) is 14.5. The minimum absolute atomic E-state index is 0.388. The van der Waals surface area contributed by atoms with E-state index in [0.717, 1.165) is 0 Å². The van der Waals surface area contributed by atoms with Crippen molar-refractivity contribution in [2.24, 2.45) is 0 Å². The summed E-state index contributed by atoms with van der Waals surface area (Å²) in [6.45, 7) is 4.79. The number of aryl methyl sites for hydroxylation is 1. The highest BCUT2D eigenvalue weighted by molar-refractivity contribution is 7.26. The van der Waals surface area contributed by atoms with Crippen molar-refractivity contribution in [3.63, 3.8) is 0 Å². The summed E-state index contributed by atoms with van der Waals surface area (Å²) in [5.41, 5.74) is 15.2. The van der Waals surface area contributed by atoms with E-state index in [9.17, 15) is 0 Å². The topological polar surface area (TPSA) is 0 Å². The SMILES string of the molecule is Cc1ccccc1-c1ccccc1C12c3ccccc3-c3ccccc3C1(C)c1cccc3c(-c4cccc5c4sc4ccccc45)ccc2c13. The molecule has 2 unspecified atom stereocenters. The van der Waals surface area contributed by atoms with Crippen molar-refractivity contribution in [2.45, 2.75) is 24.7 Å². The molecule has 0 saturated heterocycles. The second-order valence-corrected chi connectivity index (χ2v) is 15.5. The van der Waals surface area contributed by atoms with Crippen molar-refractivity contribution in [3.8, 4) is 33.4 Å². The standard InChI is InChI=1S/C50H34S/c1-31-15-3-4-16-32(31)34-17-6-10-25-42(34)50-43-26-11-7-19-36(43)35-18-5-9-24-41(35)49(50,2)44-27-14-21-38-33(29-30-45(50)47(38)44)39-22-13-23-40-37-20-8-12-28-46(37)51-48(39)40/h3-30H,1-2H3. The van der Waals surface area contributed by atoms with Gasteiger partial charge in [-0.25, -0.2) is 0 Å². The fourth-order valence-electron chi connectivity index (χ4n) is 10.2. The molecule has 0 nitrogen and oxygen atoms in total. The van der Waals surface area contributed by atoms with Crippen LogP contribution >= 0.6 is 11.3 Å². The zero-order valence-electron chi connectivity index (χ0n) is 28.6. The summed E-state index contributed by atoms with van der Waals surface area (Å²) < 4.78 is 2.70. The van der Waals surface area contributed by atoms with Gasteiger partial charge in [0.05, 0.1) is 5.41 Å². The molecule has 11 rings (SSSR count). The molecule has 0 amide bonds. The molecule has 0 radical (unpaired) electrons. The van der Waals surface area contributed by atoms with Crippen LogP contribution in [0.2, 0.25) is 0 Å². The Labute approximate surface area is 302 Å². The van der Waals surface area contributed by atoms with E-state index in [4.69, 9.17) is 0 Å². The molecule has 0 saturated carbocycles. The van der Waals surface area contributed by atoms with Gasteiger partial charge < -0.3 is 0 Å². The van der Waals surface area contributed by atoms with Gasteiger partial charge in [0.15, 0.2) is 0 Å². The van der Waals surface area contributed by atoms with Crippen LogP contribution in [0, 0.1) is 6.92 Å². The fourth-order valence-corrected chi connectivity index (χ4v) is 11.5. The van der Waals surface area contributed by atoms with Crippen LogP contribution in [0.4, 0.5) is 0 Å². The lowest BCUT2D eigenvalue weighted by molar-refractivity contribution is 0.406.